The largest absolute Gasteiger partial charge is 0.255 e. The lowest BCUT2D eigenvalue weighted by Gasteiger charge is -2.03. The van der Waals surface area contributed by atoms with Gasteiger partial charge in [-0.3, -0.25) is 4.98 Å². The molecule has 0 aliphatic rings. The molecule has 1 aromatic heterocycles. The van der Waals surface area contributed by atoms with Crippen molar-refractivity contribution in [3.8, 4) is 6.07 Å². The van der Waals surface area contributed by atoms with Crippen LogP contribution in [0.2, 0.25) is 0 Å². The molecule has 0 saturated carbocycles. The van der Waals surface area contributed by atoms with Crippen LogP contribution in [0.4, 0.5) is 0 Å². The van der Waals surface area contributed by atoms with Crippen molar-refractivity contribution in [1.29, 1.82) is 5.26 Å². The number of fused-ring (bicyclic) bond motifs is 1. The molecule has 0 aliphatic heterocycles. The molecule has 0 radical (unpaired) electrons. The Kier molecular flexibility index (Phi) is 3.18. The normalized spacial score (nSPS) is 10.3. The first-order chi connectivity index (χ1) is 9.35. The molecule has 3 rings (SSSR count). The molecule has 0 fully saturated rings. The molecular weight excluding hydrogens is 252 g/mol. The predicted octanol–water partition coefficient (Wildman–Crippen LogP) is 4.26. The lowest BCUT2D eigenvalue weighted by molar-refractivity contribution is 1.29. The number of nitriles is 1. The summed E-state index contributed by atoms with van der Waals surface area (Å²) in [6, 6.07) is 19.9. The number of para-hydroxylation sites is 1. The number of benzene rings is 2. The van der Waals surface area contributed by atoms with Crippen LogP contribution < -0.4 is 0 Å². The van der Waals surface area contributed by atoms with Crippen LogP contribution in [0.3, 0.4) is 0 Å². The second-order valence-electron chi connectivity index (χ2n) is 4.10. The summed E-state index contributed by atoms with van der Waals surface area (Å²) < 4.78 is 0. The highest BCUT2D eigenvalue weighted by molar-refractivity contribution is 7.99. The van der Waals surface area contributed by atoms with Crippen molar-refractivity contribution in [2.24, 2.45) is 0 Å². The van der Waals surface area contributed by atoms with E-state index in [1.165, 1.54) is 0 Å². The number of hydrogen-bond acceptors (Lipinski definition) is 3. The molecule has 0 amide bonds. The molecule has 0 aliphatic carbocycles. The zero-order valence-corrected chi connectivity index (χ0v) is 10.9. The van der Waals surface area contributed by atoms with Gasteiger partial charge < -0.3 is 0 Å². The van der Waals surface area contributed by atoms with E-state index in [2.05, 4.69) is 23.2 Å². The second-order valence-corrected chi connectivity index (χ2v) is 5.25. The van der Waals surface area contributed by atoms with Crippen LogP contribution in [-0.4, -0.2) is 4.98 Å². The van der Waals surface area contributed by atoms with Crippen molar-refractivity contribution < 1.29 is 0 Å². The summed E-state index contributed by atoms with van der Waals surface area (Å²) in [6.07, 6.45) is 1.88. The minimum atomic E-state index is 0.681. The van der Waals surface area contributed by atoms with Crippen LogP contribution in [0.5, 0.6) is 0 Å². The van der Waals surface area contributed by atoms with Gasteiger partial charge in [0, 0.05) is 21.4 Å². The Hall–Kier alpha value is -2.31. The maximum atomic E-state index is 8.77. The van der Waals surface area contributed by atoms with Gasteiger partial charge in [-0.25, -0.2) is 0 Å². The van der Waals surface area contributed by atoms with Crippen molar-refractivity contribution >= 4 is 22.7 Å². The quantitative estimate of drug-likeness (QED) is 0.692. The van der Waals surface area contributed by atoms with Gasteiger partial charge in [0.15, 0.2) is 0 Å². The van der Waals surface area contributed by atoms with Gasteiger partial charge in [0.25, 0.3) is 0 Å². The Morgan fingerprint density at radius 3 is 2.53 bits per heavy atom. The van der Waals surface area contributed by atoms with Crippen molar-refractivity contribution in [3.63, 3.8) is 0 Å². The number of pyridine rings is 1. The molecule has 0 atom stereocenters. The summed E-state index contributed by atoms with van der Waals surface area (Å²) in [4.78, 5) is 6.65. The number of aromatic nitrogens is 1. The van der Waals surface area contributed by atoms with E-state index < -0.39 is 0 Å². The lowest BCUT2D eigenvalue weighted by Crippen LogP contribution is -1.80. The number of nitrogens with zero attached hydrogens (tertiary/aromatic N) is 2. The second kappa shape index (κ2) is 5.13. The first-order valence-electron chi connectivity index (χ1n) is 5.88. The topological polar surface area (TPSA) is 36.7 Å². The molecule has 0 N–H and O–H groups in total. The zero-order chi connectivity index (χ0) is 13.1. The number of hydrogen-bond donors (Lipinski definition) is 0. The van der Waals surface area contributed by atoms with E-state index in [-0.39, 0.29) is 0 Å². The average Bonchev–Trinajstić information content (AvgIpc) is 2.48. The summed E-state index contributed by atoms with van der Waals surface area (Å²) in [7, 11) is 0. The molecule has 3 aromatic rings. The van der Waals surface area contributed by atoms with Crippen LogP contribution in [0.1, 0.15) is 5.56 Å². The van der Waals surface area contributed by atoms with Crippen molar-refractivity contribution in [3.05, 3.63) is 66.4 Å². The Labute approximate surface area is 115 Å². The molecule has 19 heavy (non-hydrogen) atoms. The van der Waals surface area contributed by atoms with E-state index in [1.807, 2.05) is 48.7 Å². The molecule has 0 bridgehead atoms. The van der Waals surface area contributed by atoms with E-state index in [1.54, 1.807) is 11.8 Å². The average molecular weight is 262 g/mol. The fourth-order valence-corrected chi connectivity index (χ4v) is 2.68. The van der Waals surface area contributed by atoms with E-state index in [0.717, 1.165) is 20.7 Å². The summed E-state index contributed by atoms with van der Waals surface area (Å²) >= 11 is 1.65. The molecule has 2 aromatic carbocycles. The van der Waals surface area contributed by atoms with Crippen LogP contribution in [-0.2, 0) is 0 Å². The van der Waals surface area contributed by atoms with Gasteiger partial charge in [0.05, 0.1) is 17.1 Å². The Bertz CT molecular complexity index is 758. The highest BCUT2D eigenvalue weighted by atomic mass is 32.2. The summed E-state index contributed by atoms with van der Waals surface area (Å²) in [5, 5.41) is 9.91. The van der Waals surface area contributed by atoms with Crippen molar-refractivity contribution in [2.45, 2.75) is 9.79 Å². The summed E-state index contributed by atoms with van der Waals surface area (Å²) in [5.74, 6) is 0. The van der Waals surface area contributed by atoms with Crippen LogP contribution >= 0.6 is 11.8 Å². The molecule has 0 saturated heterocycles. The lowest BCUT2D eigenvalue weighted by atomic mass is 10.2. The van der Waals surface area contributed by atoms with Crippen LogP contribution in [0, 0.1) is 11.3 Å². The Morgan fingerprint density at radius 1 is 0.947 bits per heavy atom. The van der Waals surface area contributed by atoms with Gasteiger partial charge in [0.2, 0.25) is 0 Å². The third-order valence-corrected chi connectivity index (χ3v) is 3.75. The van der Waals surface area contributed by atoms with Crippen molar-refractivity contribution in [1.82, 2.24) is 4.98 Å². The van der Waals surface area contributed by atoms with Crippen LogP contribution in [0.15, 0.2) is 70.6 Å². The third kappa shape index (κ3) is 2.59. The smallest absolute Gasteiger partial charge is 0.0991 e. The van der Waals surface area contributed by atoms with E-state index in [9.17, 15) is 0 Å². The molecule has 90 valence electrons. The maximum Gasteiger partial charge on any atom is 0.0991 e. The van der Waals surface area contributed by atoms with Gasteiger partial charge in [-0.05, 0) is 36.4 Å². The van der Waals surface area contributed by atoms with Crippen LogP contribution in [0.25, 0.3) is 10.9 Å². The summed E-state index contributed by atoms with van der Waals surface area (Å²) in [5.41, 5.74) is 1.69. The molecule has 2 nitrogen and oxygen atoms in total. The Morgan fingerprint density at radius 2 is 1.74 bits per heavy atom. The highest BCUT2D eigenvalue weighted by Gasteiger charge is 2.00. The van der Waals surface area contributed by atoms with Gasteiger partial charge >= 0.3 is 0 Å². The minimum absolute atomic E-state index is 0.681. The fourth-order valence-electron chi connectivity index (χ4n) is 1.84. The minimum Gasteiger partial charge on any atom is -0.255 e. The van der Waals surface area contributed by atoms with E-state index >= 15 is 0 Å². The van der Waals surface area contributed by atoms with Crippen molar-refractivity contribution in [2.75, 3.05) is 0 Å². The van der Waals surface area contributed by atoms with Gasteiger partial charge in [0.1, 0.15) is 0 Å². The molecule has 0 spiro atoms. The fraction of sp³-hybridized carbons (Fsp3) is 0. The maximum absolute atomic E-state index is 8.77. The molecular formula is C16H10N2S. The van der Waals surface area contributed by atoms with E-state index in [0.29, 0.717) is 5.56 Å². The first-order valence-corrected chi connectivity index (χ1v) is 6.69. The highest BCUT2D eigenvalue weighted by Crippen LogP contribution is 2.29. The molecule has 3 heteroatoms. The van der Waals surface area contributed by atoms with Gasteiger partial charge in [-0.2, -0.15) is 5.26 Å². The standard InChI is InChI=1S/C16H10N2S/c17-10-12-5-7-14(8-6-12)19-15-9-13-3-1-2-4-16(13)18-11-15/h1-9,11H. The van der Waals surface area contributed by atoms with Gasteiger partial charge in [-0.1, -0.05) is 30.0 Å². The number of rotatable bonds is 2. The zero-order valence-electron chi connectivity index (χ0n) is 10.1. The first kappa shape index (κ1) is 11.8. The summed E-state index contributed by atoms with van der Waals surface area (Å²) in [6.45, 7) is 0. The predicted molar refractivity (Wildman–Crippen MR) is 77.0 cm³/mol. The third-order valence-electron chi connectivity index (χ3n) is 2.78. The Balaban J connectivity index is 1.90. The van der Waals surface area contributed by atoms with Gasteiger partial charge in [-0.15, -0.1) is 0 Å². The molecule has 1 heterocycles. The monoisotopic (exact) mass is 262 g/mol. The molecule has 0 unspecified atom stereocenters. The SMILES string of the molecule is N#Cc1ccc(Sc2cnc3ccccc3c2)cc1. The van der Waals surface area contributed by atoms with E-state index in [4.69, 9.17) is 5.26 Å².